The number of nitrogens with two attached hydrogens (primary N) is 1. The lowest BCUT2D eigenvalue weighted by molar-refractivity contribution is -0.132. The number of hydrogen-bond acceptors (Lipinski definition) is 5. The van der Waals surface area contributed by atoms with E-state index in [4.69, 9.17) is 14.0 Å². The standard InChI is InChI=1S/C15H15N3O3/c1-8-17-11-4-2-3-10(16)14(11)15(21)18(8)12-6-5-9(19)7-13(12)20/h2-4,12H,5-7,16H2,1H3/i1D3,2D,5D,12D. The van der Waals surface area contributed by atoms with Crippen LogP contribution < -0.4 is 11.3 Å². The molecule has 0 bridgehead atoms. The smallest absolute Gasteiger partial charge is 0.264 e. The van der Waals surface area contributed by atoms with Crippen molar-refractivity contribution in [3.63, 3.8) is 0 Å². The fourth-order valence-corrected chi connectivity index (χ4v) is 2.32. The van der Waals surface area contributed by atoms with Gasteiger partial charge in [-0.15, -0.1) is 0 Å². The third-order valence-electron chi connectivity index (χ3n) is 3.31. The van der Waals surface area contributed by atoms with E-state index in [1.807, 2.05) is 0 Å². The van der Waals surface area contributed by atoms with Crippen molar-refractivity contribution in [2.75, 3.05) is 5.73 Å². The van der Waals surface area contributed by atoms with Crippen molar-refractivity contribution in [2.45, 2.75) is 32.1 Å². The molecule has 6 nitrogen and oxygen atoms in total. The highest BCUT2D eigenvalue weighted by molar-refractivity contribution is 6.03. The number of nitrogen functional groups attached to an aromatic ring is 1. The molecule has 21 heavy (non-hydrogen) atoms. The summed E-state index contributed by atoms with van der Waals surface area (Å²) in [6.45, 7) is -2.96. The second-order valence-corrected chi connectivity index (χ2v) is 4.67. The summed E-state index contributed by atoms with van der Waals surface area (Å²) in [5.74, 6) is -2.51. The second kappa shape index (κ2) is 4.80. The van der Waals surface area contributed by atoms with Gasteiger partial charge >= 0.3 is 0 Å². The Kier molecular flexibility index (Phi) is 1.84. The van der Waals surface area contributed by atoms with Crippen molar-refractivity contribution in [1.82, 2.24) is 9.55 Å². The molecular weight excluding hydrogens is 270 g/mol. The summed E-state index contributed by atoms with van der Waals surface area (Å²) in [5, 5.41) is -0.225. The van der Waals surface area contributed by atoms with Gasteiger partial charge in [0.25, 0.3) is 5.56 Å². The number of carbonyl (C=O) groups is 2. The molecule has 0 aliphatic heterocycles. The molecule has 1 heterocycles. The molecule has 2 N–H and O–H groups in total. The molecule has 1 aromatic heterocycles. The molecule has 2 atom stereocenters. The number of fused-ring (bicyclic) bond motifs is 1. The molecule has 1 fully saturated rings. The van der Waals surface area contributed by atoms with Crippen molar-refractivity contribution < 1.29 is 17.8 Å². The maximum absolute atomic E-state index is 13.1. The zero-order valence-electron chi connectivity index (χ0n) is 16.8. The second-order valence-electron chi connectivity index (χ2n) is 4.67. The van der Waals surface area contributed by atoms with Gasteiger partial charge in [0.15, 0.2) is 5.78 Å². The quantitative estimate of drug-likeness (QED) is 0.628. The van der Waals surface area contributed by atoms with Crippen LogP contribution in [0.2, 0.25) is 0 Å². The summed E-state index contributed by atoms with van der Waals surface area (Å²) >= 11 is 0. The molecule has 6 heteroatoms. The monoisotopic (exact) mass is 291 g/mol. The van der Waals surface area contributed by atoms with Gasteiger partial charge in [0, 0.05) is 17.6 Å². The van der Waals surface area contributed by atoms with Crippen LogP contribution in [-0.4, -0.2) is 21.1 Å². The first-order chi connectivity index (χ1) is 12.4. The molecule has 1 aromatic carbocycles. The van der Waals surface area contributed by atoms with Crippen molar-refractivity contribution >= 4 is 28.2 Å². The van der Waals surface area contributed by atoms with Crippen molar-refractivity contribution in [2.24, 2.45) is 0 Å². The normalized spacial score (nSPS) is 31.0. The average Bonchev–Trinajstić information content (AvgIpc) is 2.51. The van der Waals surface area contributed by atoms with E-state index in [2.05, 4.69) is 4.98 Å². The summed E-state index contributed by atoms with van der Waals surface area (Å²) in [7, 11) is 0. The number of anilines is 1. The minimum absolute atomic E-state index is 0.0905. The van der Waals surface area contributed by atoms with Crippen LogP contribution in [0.1, 0.15) is 39.3 Å². The van der Waals surface area contributed by atoms with Gasteiger partial charge in [-0.1, -0.05) is 6.04 Å². The summed E-state index contributed by atoms with van der Waals surface area (Å²) in [6, 6.07) is -0.231. The number of aromatic nitrogens is 2. The average molecular weight is 291 g/mol. The lowest BCUT2D eigenvalue weighted by Gasteiger charge is -2.24. The topological polar surface area (TPSA) is 95.0 Å². The van der Waals surface area contributed by atoms with Crippen LogP contribution >= 0.6 is 0 Å². The van der Waals surface area contributed by atoms with E-state index in [0.29, 0.717) is 4.57 Å². The van der Waals surface area contributed by atoms with E-state index in [1.54, 1.807) is 0 Å². The van der Waals surface area contributed by atoms with Gasteiger partial charge in [-0.3, -0.25) is 19.0 Å². The van der Waals surface area contributed by atoms with E-state index in [9.17, 15) is 14.4 Å². The third-order valence-corrected chi connectivity index (χ3v) is 3.31. The number of hydrogen-bond donors (Lipinski definition) is 1. The highest BCUT2D eigenvalue weighted by atomic mass is 16.2. The maximum atomic E-state index is 13.1. The third kappa shape index (κ3) is 2.12. The molecular formula is C15H15N3O3. The molecule has 0 saturated heterocycles. The molecule has 2 unspecified atom stereocenters. The van der Waals surface area contributed by atoms with Crippen LogP contribution in [0, 0.1) is 6.85 Å². The molecule has 108 valence electrons. The van der Waals surface area contributed by atoms with Crippen LogP contribution in [0.5, 0.6) is 0 Å². The van der Waals surface area contributed by atoms with Crippen molar-refractivity contribution in [3.8, 4) is 0 Å². The summed E-state index contributed by atoms with van der Waals surface area (Å²) in [5.41, 5.74) is 4.47. The number of aryl methyl sites for hydroxylation is 1. The molecule has 0 spiro atoms. The van der Waals surface area contributed by atoms with Crippen molar-refractivity contribution in [1.29, 1.82) is 0 Å². The highest BCUT2D eigenvalue weighted by Gasteiger charge is 2.30. The van der Waals surface area contributed by atoms with E-state index >= 15 is 0 Å². The largest absolute Gasteiger partial charge is 0.398 e. The van der Waals surface area contributed by atoms with Crippen LogP contribution in [0.15, 0.2) is 23.0 Å². The zero-order chi connectivity index (χ0) is 20.3. The van der Waals surface area contributed by atoms with Gasteiger partial charge in [0.1, 0.15) is 11.6 Å². The van der Waals surface area contributed by atoms with Gasteiger partial charge in [0.2, 0.25) is 0 Å². The molecule has 1 aliphatic carbocycles. The minimum atomic E-state index is -2.96. The van der Waals surface area contributed by atoms with Crippen LogP contribution in [0.3, 0.4) is 0 Å². The fourth-order valence-electron chi connectivity index (χ4n) is 2.32. The number of rotatable bonds is 1. The summed E-state index contributed by atoms with van der Waals surface area (Å²) < 4.78 is 47.4. The Morgan fingerprint density at radius 2 is 2.33 bits per heavy atom. The van der Waals surface area contributed by atoms with E-state index < -0.39 is 55.1 Å². The van der Waals surface area contributed by atoms with Gasteiger partial charge < -0.3 is 5.73 Å². The van der Waals surface area contributed by atoms with Gasteiger partial charge in [0.05, 0.1) is 26.1 Å². The van der Waals surface area contributed by atoms with Crippen LogP contribution in [-0.2, 0) is 9.59 Å². The number of ketones is 2. The van der Waals surface area contributed by atoms with E-state index in [1.165, 1.54) is 6.07 Å². The highest BCUT2D eigenvalue weighted by Crippen LogP contribution is 2.24. The minimum Gasteiger partial charge on any atom is -0.398 e. The number of nitrogens with zero attached hydrogens (tertiary/aromatic N) is 2. The number of Topliss-reactive ketones (excluding diaryl/α,β-unsaturated/α-hetero) is 2. The first-order valence-electron chi connectivity index (χ1n) is 9.26. The van der Waals surface area contributed by atoms with Crippen LogP contribution in [0.4, 0.5) is 5.69 Å². The predicted molar refractivity (Wildman–Crippen MR) is 78.1 cm³/mol. The van der Waals surface area contributed by atoms with Gasteiger partial charge in [-0.05, 0) is 25.4 Å². The van der Waals surface area contributed by atoms with E-state index in [0.717, 1.165) is 6.07 Å². The number of benzene rings is 1. The Labute approximate surface area is 129 Å². The number of carbonyl (C=O) groups excluding carboxylic acids is 2. The SMILES string of the molecule is [2H]c1cc(N)c2c(=O)n(C3([2H])CC([2H])C(=O)CC3=O)c(C([2H])([2H])[2H])nc2c1. The van der Waals surface area contributed by atoms with Crippen molar-refractivity contribution in [3.05, 3.63) is 34.4 Å². The Morgan fingerprint density at radius 3 is 3.10 bits per heavy atom. The maximum Gasteiger partial charge on any atom is 0.264 e. The van der Waals surface area contributed by atoms with Crippen LogP contribution in [0.25, 0.3) is 10.9 Å². The van der Waals surface area contributed by atoms with Gasteiger partial charge in [-0.2, -0.15) is 0 Å². The Balaban J connectivity index is 2.44. The predicted octanol–water partition coefficient (Wildman–Crippen LogP) is 1.15. The zero-order valence-corrected chi connectivity index (χ0v) is 10.8. The van der Waals surface area contributed by atoms with E-state index in [-0.39, 0.29) is 22.6 Å². The van der Waals surface area contributed by atoms with Gasteiger partial charge in [-0.25, -0.2) is 4.98 Å². The Morgan fingerprint density at radius 1 is 1.52 bits per heavy atom. The first-order valence-corrected chi connectivity index (χ1v) is 6.18. The lowest BCUT2D eigenvalue weighted by Crippen LogP contribution is -2.36. The Bertz CT molecular complexity index is 1050. The summed E-state index contributed by atoms with van der Waals surface area (Å²) in [6.07, 6.45) is -2.86. The lowest BCUT2D eigenvalue weighted by atomic mass is 9.92. The molecule has 0 amide bonds. The molecule has 2 aromatic rings. The molecule has 3 rings (SSSR count). The Hall–Kier alpha value is -2.50. The molecule has 0 radical (unpaired) electrons. The molecule has 1 aliphatic rings. The summed E-state index contributed by atoms with van der Waals surface area (Å²) in [4.78, 5) is 41.1. The first kappa shape index (κ1) is 8.07. The fraction of sp³-hybridized carbons (Fsp3) is 0.333. The molecule has 1 saturated carbocycles.